The molecule has 0 radical (unpaired) electrons. The maximum Gasteiger partial charge on any atom is 0.219 e. The molecule has 5 heteroatoms. The maximum atomic E-state index is 11.4. The number of β-amino-alcohol motifs (C(OH)–C–C–N with tert-alkyl or cyclic N) is 1. The highest BCUT2D eigenvalue weighted by Gasteiger charge is 2.22. The fraction of sp³-hybridized carbons (Fsp3) is 0.435. The van der Waals surface area contributed by atoms with Crippen molar-refractivity contribution in [3.05, 3.63) is 71.3 Å². The van der Waals surface area contributed by atoms with Gasteiger partial charge in [0.1, 0.15) is 6.10 Å². The summed E-state index contributed by atoms with van der Waals surface area (Å²) in [6.45, 7) is 7.53. The molecule has 2 aromatic carbocycles. The Morgan fingerprint density at radius 1 is 1.04 bits per heavy atom. The summed E-state index contributed by atoms with van der Waals surface area (Å²) in [6, 6.07) is 18.3. The topological polar surface area (TPSA) is 53.0 Å². The molecule has 0 unspecified atom stereocenters. The fourth-order valence-electron chi connectivity index (χ4n) is 3.68. The molecule has 0 aliphatic carbocycles. The summed E-state index contributed by atoms with van der Waals surface area (Å²) in [6.07, 6.45) is -0.772. The van der Waals surface area contributed by atoms with Crippen molar-refractivity contribution >= 4 is 5.91 Å². The van der Waals surface area contributed by atoms with Gasteiger partial charge in [0, 0.05) is 39.6 Å². The highest BCUT2D eigenvalue weighted by molar-refractivity contribution is 5.73. The molecule has 1 N–H and O–H groups in total. The van der Waals surface area contributed by atoms with Crippen molar-refractivity contribution in [1.82, 2.24) is 9.80 Å². The standard InChI is InChI=1S/C23H30N2O3/c1-18-8-6-7-11-22(18)23(20-9-4-3-5-10-20)28-17-21(27)16-24-12-14-25(15-13-24)19(2)26/h3-11,21,23,27H,12-17H2,1-2H3/t21-,23+/m0/s1. The number of aliphatic hydroxyl groups is 1. The Morgan fingerprint density at radius 2 is 1.68 bits per heavy atom. The number of hydrogen-bond donors (Lipinski definition) is 1. The number of rotatable bonds is 7. The van der Waals surface area contributed by atoms with Gasteiger partial charge in [-0.3, -0.25) is 9.69 Å². The number of hydrogen-bond acceptors (Lipinski definition) is 4. The van der Waals surface area contributed by atoms with E-state index in [1.165, 1.54) is 5.56 Å². The molecule has 0 spiro atoms. The van der Waals surface area contributed by atoms with Crippen molar-refractivity contribution in [2.45, 2.75) is 26.1 Å². The molecule has 3 rings (SSSR count). The van der Waals surface area contributed by atoms with Crippen LogP contribution in [0.15, 0.2) is 54.6 Å². The third-order valence-electron chi connectivity index (χ3n) is 5.32. The second kappa shape index (κ2) is 9.82. The van der Waals surface area contributed by atoms with Crippen molar-refractivity contribution < 1.29 is 14.6 Å². The monoisotopic (exact) mass is 382 g/mol. The summed E-state index contributed by atoms with van der Waals surface area (Å²) in [5, 5.41) is 10.5. The van der Waals surface area contributed by atoms with Crippen LogP contribution >= 0.6 is 0 Å². The Hall–Kier alpha value is -2.21. The van der Waals surface area contributed by atoms with Gasteiger partial charge >= 0.3 is 0 Å². The first-order valence-electron chi connectivity index (χ1n) is 9.92. The first-order valence-corrected chi connectivity index (χ1v) is 9.92. The highest BCUT2D eigenvalue weighted by atomic mass is 16.5. The zero-order valence-corrected chi connectivity index (χ0v) is 16.8. The second-order valence-corrected chi connectivity index (χ2v) is 7.44. The van der Waals surface area contributed by atoms with Crippen LogP contribution in [0.5, 0.6) is 0 Å². The lowest BCUT2D eigenvalue weighted by molar-refractivity contribution is -0.130. The van der Waals surface area contributed by atoms with Crippen LogP contribution in [0, 0.1) is 6.92 Å². The van der Waals surface area contributed by atoms with Gasteiger partial charge in [0.2, 0.25) is 5.91 Å². The molecule has 1 fully saturated rings. The number of aryl methyl sites for hydroxylation is 1. The van der Waals surface area contributed by atoms with Crippen LogP contribution in [-0.2, 0) is 9.53 Å². The van der Waals surface area contributed by atoms with Gasteiger partial charge in [0.05, 0.1) is 12.7 Å². The van der Waals surface area contributed by atoms with Gasteiger partial charge in [0.25, 0.3) is 0 Å². The Morgan fingerprint density at radius 3 is 2.32 bits per heavy atom. The predicted octanol–water partition coefficient (Wildman–Crippen LogP) is 2.63. The van der Waals surface area contributed by atoms with Gasteiger partial charge in [0.15, 0.2) is 0 Å². The molecule has 0 aromatic heterocycles. The van der Waals surface area contributed by atoms with E-state index in [2.05, 4.69) is 36.1 Å². The van der Waals surface area contributed by atoms with Gasteiger partial charge in [-0.1, -0.05) is 54.6 Å². The van der Waals surface area contributed by atoms with Crippen LogP contribution in [0.4, 0.5) is 0 Å². The van der Waals surface area contributed by atoms with Crippen molar-refractivity contribution in [3.8, 4) is 0 Å². The summed E-state index contributed by atoms with van der Waals surface area (Å²) < 4.78 is 6.22. The zero-order valence-electron chi connectivity index (χ0n) is 16.8. The van der Waals surface area contributed by atoms with Crippen LogP contribution in [0.1, 0.15) is 29.7 Å². The highest BCUT2D eigenvalue weighted by Crippen LogP contribution is 2.28. The number of ether oxygens (including phenoxy) is 1. The lowest BCUT2D eigenvalue weighted by Gasteiger charge is -2.35. The Balaban J connectivity index is 1.59. The van der Waals surface area contributed by atoms with E-state index in [1.807, 2.05) is 35.2 Å². The molecule has 1 amide bonds. The van der Waals surface area contributed by atoms with Gasteiger partial charge in [-0.15, -0.1) is 0 Å². The van der Waals surface area contributed by atoms with E-state index >= 15 is 0 Å². The Labute approximate surface area is 167 Å². The number of aliphatic hydroxyl groups excluding tert-OH is 1. The molecule has 28 heavy (non-hydrogen) atoms. The van der Waals surface area contributed by atoms with Gasteiger partial charge in [-0.25, -0.2) is 0 Å². The molecule has 2 aromatic rings. The van der Waals surface area contributed by atoms with E-state index in [1.54, 1.807) is 6.92 Å². The maximum absolute atomic E-state index is 11.4. The number of nitrogens with zero attached hydrogens (tertiary/aromatic N) is 2. The summed E-state index contributed by atoms with van der Waals surface area (Å²) in [5.74, 6) is 0.118. The van der Waals surface area contributed by atoms with Crippen LogP contribution in [0.25, 0.3) is 0 Å². The van der Waals surface area contributed by atoms with E-state index in [0.29, 0.717) is 6.54 Å². The van der Waals surface area contributed by atoms with Crippen LogP contribution < -0.4 is 0 Å². The van der Waals surface area contributed by atoms with Crippen LogP contribution in [0.2, 0.25) is 0 Å². The van der Waals surface area contributed by atoms with Crippen LogP contribution in [-0.4, -0.2) is 66.2 Å². The Bertz CT molecular complexity index is 757. The molecule has 0 saturated carbocycles. The molecule has 150 valence electrons. The van der Waals surface area contributed by atoms with E-state index < -0.39 is 6.10 Å². The average Bonchev–Trinajstić information content (AvgIpc) is 2.70. The number of benzene rings is 2. The van der Waals surface area contributed by atoms with Crippen molar-refractivity contribution in [1.29, 1.82) is 0 Å². The average molecular weight is 383 g/mol. The van der Waals surface area contributed by atoms with E-state index in [-0.39, 0.29) is 18.6 Å². The molecule has 1 aliphatic rings. The summed E-state index contributed by atoms with van der Waals surface area (Å²) >= 11 is 0. The lowest BCUT2D eigenvalue weighted by atomic mass is 9.97. The fourth-order valence-corrected chi connectivity index (χ4v) is 3.68. The number of carbonyl (C=O) groups excluding carboxylic acids is 1. The lowest BCUT2D eigenvalue weighted by Crippen LogP contribution is -2.50. The minimum Gasteiger partial charge on any atom is -0.389 e. The van der Waals surface area contributed by atoms with Gasteiger partial charge < -0.3 is 14.7 Å². The first-order chi connectivity index (χ1) is 13.5. The van der Waals surface area contributed by atoms with Crippen molar-refractivity contribution in [2.24, 2.45) is 0 Å². The largest absolute Gasteiger partial charge is 0.389 e. The molecule has 0 bridgehead atoms. The minimum atomic E-state index is -0.570. The van der Waals surface area contributed by atoms with E-state index in [4.69, 9.17) is 4.74 Å². The van der Waals surface area contributed by atoms with Gasteiger partial charge in [-0.2, -0.15) is 0 Å². The second-order valence-electron chi connectivity index (χ2n) is 7.44. The first kappa shape index (κ1) is 20.5. The third kappa shape index (κ3) is 5.41. The molecular formula is C23H30N2O3. The number of amides is 1. The third-order valence-corrected chi connectivity index (χ3v) is 5.32. The SMILES string of the molecule is CC(=O)N1CCN(C[C@H](O)CO[C@H](c2ccccc2)c2ccccc2C)CC1. The molecule has 1 heterocycles. The summed E-state index contributed by atoms with van der Waals surface area (Å²) in [7, 11) is 0. The summed E-state index contributed by atoms with van der Waals surface area (Å²) in [4.78, 5) is 15.5. The molecule has 1 saturated heterocycles. The van der Waals surface area contributed by atoms with Gasteiger partial charge in [-0.05, 0) is 23.6 Å². The molecule has 1 aliphatic heterocycles. The van der Waals surface area contributed by atoms with E-state index in [0.717, 1.165) is 37.3 Å². The molecule has 5 nitrogen and oxygen atoms in total. The predicted molar refractivity (Wildman–Crippen MR) is 110 cm³/mol. The molecule has 2 atom stereocenters. The Kier molecular flexibility index (Phi) is 7.20. The summed E-state index contributed by atoms with van der Waals surface area (Å²) in [5.41, 5.74) is 3.38. The number of piperazine rings is 1. The van der Waals surface area contributed by atoms with Crippen molar-refractivity contribution in [3.63, 3.8) is 0 Å². The smallest absolute Gasteiger partial charge is 0.219 e. The van der Waals surface area contributed by atoms with E-state index in [9.17, 15) is 9.90 Å². The molecular weight excluding hydrogens is 352 g/mol. The zero-order chi connectivity index (χ0) is 19.9. The minimum absolute atomic E-state index is 0.118. The number of carbonyl (C=O) groups is 1. The van der Waals surface area contributed by atoms with Crippen molar-refractivity contribution in [2.75, 3.05) is 39.3 Å². The quantitative estimate of drug-likeness (QED) is 0.800. The normalized spacial score (nSPS) is 17.3. The van der Waals surface area contributed by atoms with Crippen LogP contribution in [0.3, 0.4) is 0 Å².